The van der Waals surface area contributed by atoms with Crippen molar-refractivity contribution < 1.29 is 23.9 Å². The summed E-state index contributed by atoms with van der Waals surface area (Å²) in [6.07, 6.45) is 6.56. The van der Waals surface area contributed by atoms with Gasteiger partial charge in [0.15, 0.2) is 0 Å². The number of likely N-dealkylation sites (tertiary alicyclic amines) is 1. The van der Waals surface area contributed by atoms with Crippen LogP contribution in [0, 0.1) is 16.7 Å². The van der Waals surface area contributed by atoms with Gasteiger partial charge in [-0.15, -0.1) is 0 Å². The van der Waals surface area contributed by atoms with Gasteiger partial charge in [-0.3, -0.25) is 14.4 Å². The first-order valence-corrected chi connectivity index (χ1v) is 13.2. The molecule has 36 heavy (non-hydrogen) atoms. The van der Waals surface area contributed by atoms with Crippen LogP contribution in [0.25, 0.3) is 0 Å². The van der Waals surface area contributed by atoms with E-state index >= 15 is 0 Å². The lowest BCUT2D eigenvalue weighted by Gasteiger charge is -2.51. The van der Waals surface area contributed by atoms with E-state index in [2.05, 4.69) is 26.1 Å². The Morgan fingerprint density at radius 2 is 1.86 bits per heavy atom. The monoisotopic (exact) mass is 498 g/mol. The molecular weight excluding hydrogens is 456 g/mol. The van der Waals surface area contributed by atoms with Crippen LogP contribution in [0.5, 0.6) is 0 Å². The first kappa shape index (κ1) is 27.9. The number of hydrogen-bond donors (Lipinski definition) is 1. The van der Waals surface area contributed by atoms with E-state index in [-0.39, 0.29) is 36.0 Å². The third-order valence-electron chi connectivity index (χ3n) is 7.24. The molecule has 7 heteroatoms. The van der Waals surface area contributed by atoms with Gasteiger partial charge in [0.2, 0.25) is 11.8 Å². The van der Waals surface area contributed by atoms with Crippen molar-refractivity contribution in [2.45, 2.75) is 72.3 Å². The average molecular weight is 499 g/mol. The number of benzene rings is 1. The second-order valence-electron chi connectivity index (χ2n) is 10.9. The zero-order chi connectivity index (χ0) is 26.2. The van der Waals surface area contributed by atoms with Crippen molar-refractivity contribution in [1.82, 2.24) is 10.2 Å². The highest BCUT2D eigenvalue weighted by Gasteiger charge is 2.57. The second-order valence-corrected chi connectivity index (χ2v) is 10.9. The van der Waals surface area contributed by atoms with Crippen molar-refractivity contribution in [2.24, 2.45) is 16.7 Å². The highest BCUT2D eigenvalue weighted by molar-refractivity contribution is 5.92. The number of amides is 2. The standard InChI is InChI=1S/C29H42N2O5/c1-5-6-16-36-17-10-15-30-25(32)18-23-19-29(27(34)35-4)21-28(2,3)14-13-24(29)31(26(23)33)20-22-11-8-7-9-12-22/h7-9,11-13,23H,5-6,10,14-21H2,1-4H3,(H,30,32)/t23-,29-/m1/s1. The smallest absolute Gasteiger partial charge is 0.317 e. The van der Waals surface area contributed by atoms with Gasteiger partial charge in [0.05, 0.1) is 13.7 Å². The highest BCUT2D eigenvalue weighted by atomic mass is 16.5. The maximum Gasteiger partial charge on any atom is 0.317 e. The maximum absolute atomic E-state index is 13.7. The summed E-state index contributed by atoms with van der Waals surface area (Å²) in [5.41, 5.74) is 0.630. The lowest BCUT2D eigenvalue weighted by molar-refractivity contribution is -0.162. The molecule has 1 aromatic carbocycles. The number of rotatable bonds is 12. The molecule has 0 unspecified atom stereocenters. The van der Waals surface area contributed by atoms with E-state index in [9.17, 15) is 14.4 Å². The number of methoxy groups -OCH3 is 1. The number of carbonyl (C=O) groups excluding carboxylic acids is 3. The minimum absolute atomic E-state index is 0.0489. The van der Waals surface area contributed by atoms with Gasteiger partial charge in [0, 0.05) is 37.8 Å². The number of ether oxygens (including phenoxy) is 2. The molecule has 0 bridgehead atoms. The number of carbonyl (C=O) groups is 3. The van der Waals surface area contributed by atoms with Crippen molar-refractivity contribution in [2.75, 3.05) is 26.9 Å². The van der Waals surface area contributed by atoms with E-state index in [0.717, 1.165) is 43.6 Å². The van der Waals surface area contributed by atoms with E-state index in [1.165, 1.54) is 7.11 Å². The maximum atomic E-state index is 13.7. The van der Waals surface area contributed by atoms with Crippen molar-refractivity contribution in [3.8, 4) is 0 Å². The van der Waals surface area contributed by atoms with Crippen LogP contribution < -0.4 is 5.32 Å². The van der Waals surface area contributed by atoms with Gasteiger partial charge in [-0.1, -0.05) is 63.6 Å². The number of hydrogen-bond acceptors (Lipinski definition) is 5. The number of nitrogens with one attached hydrogen (secondary N) is 1. The van der Waals surface area contributed by atoms with Gasteiger partial charge in [0.25, 0.3) is 0 Å². The summed E-state index contributed by atoms with van der Waals surface area (Å²) < 4.78 is 10.9. The number of piperidine rings is 1. The summed E-state index contributed by atoms with van der Waals surface area (Å²) in [7, 11) is 1.40. The fraction of sp³-hybridized carbons (Fsp3) is 0.621. The van der Waals surface area contributed by atoms with Crippen molar-refractivity contribution in [3.63, 3.8) is 0 Å². The first-order valence-electron chi connectivity index (χ1n) is 13.2. The summed E-state index contributed by atoms with van der Waals surface area (Å²) in [6.45, 7) is 8.58. The number of allylic oxidation sites excluding steroid dienone is 1. The largest absolute Gasteiger partial charge is 0.468 e. The van der Waals surface area contributed by atoms with Gasteiger partial charge in [0.1, 0.15) is 5.41 Å². The molecule has 2 aliphatic rings. The van der Waals surface area contributed by atoms with Gasteiger partial charge >= 0.3 is 5.97 Å². The molecule has 198 valence electrons. The number of fused-ring (bicyclic) bond motifs is 1. The van der Waals surface area contributed by atoms with Gasteiger partial charge in [-0.25, -0.2) is 0 Å². The Morgan fingerprint density at radius 3 is 2.56 bits per heavy atom. The third kappa shape index (κ3) is 6.75. The average Bonchev–Trinajstić information content (AvgIpc) is 2.85. The third-order valence-corrected chi connectivity index (χ3v) is 7.24. The molecule has 1 fully saturated rings. The molecule has 1 aliphatic heterocycles. The summed E-state index contributed by atoms with van der Waals surface area (Å²) in [6, 6.07) is 9.75. The Balaban J connectivity index is 1.78. The number of esters is 1. The Morgan fingerprint density at radius 1 is 1.14 bits per heavy atom. The molecule has 3 rings (SSSR count). The second kappa shape index (κ2) is 12.5. The zero-order valence-electron chi connectivity index (χ0n) is 22.3. The fourth-order valence-corrected chi connectivity index (χ4v) is 5.53. The molecule has 1 N–H and O–H groups in total. The fourth-order valence-electron chi connectivity index (χ4n) is 5.53. The van der Waals surface area contributed by atoms with Crippen LogP contribution in [-0.4, -0.2) is 49.6 Å². The first-order chi connectivity index (χ1) is 17.2. The van der Waals surface area contributed by atoms with Crippen LogP contribution in [0.3, 0.4) is 0 Å². The molecular formula is C29H42N2O5. The molecule has 0 radical (unpaired) electrons. The lowest BCUT2D eigenvalue weighted by atomic mass is 9.59. The van der Waals surface area contributed by atoms with Crippen LogP contribution in [0.1, 0.15) is 71.3 Å². The Kier molecular flexibility index (Phi) is 9.71. The topological polar surface area (TPSA) is 84.9 Å². The van der Waals surface area contributed by atoms with Crippen molar-refractivity contribution >= 4 is 17.8 Å². The molecule has 2 atom stereocenters. The molecule has 0 aromatic heterocycles. The predicted molar refractivity (Wildman–Crippen MR) is 139 cm³/mol. The van der Waals surface area contributed by atoms with E-state index < -0.39 is 11.3 Å². The number of unbranched alkanes of at least 4 members (excludes halogenated alkanes) is 1. The van der Waals surface area contributed by atoms with E-state index in [4.69, 9.17) is 9.47 Å². The molecule has 1 saturated heterocycles. The molecule has 1 heterocycles. The van der Waals surface area contributed by atoms with Gasteiger partial charge in [-0.2, -0.15) is 0 Å². The van der Waals surface area contributed by atoms with Gasteiger partial charge < -0.3 is 19.7 Å². The predicted octanol–water partition coefficient (Wildman–Crippen LogP) is 4.61. The van der Waals surface area contributed by atoms with Crippen LogP contribution in [-0.2, 0) is 30.4 Å². The Hall–Kier alpha value is -2.67. The lowest BCUT2D eigenvalue weighted by Crippen LogP contribution is -2.55. The minimum atomic E-state index is -0.947. The number of nitrogens with zero attached hydrogens (tertiary/aromatic N) is 1. The summed E-state index contributed by atoms with van der Waals surface area (Å²) in [5.74, 6) is -1.21. The molecule has 2 amide bonds. The summed E-state index contributed by atoms with van der Waals surface area (Å²) >= 11 is 0. The Bertz CT molecular complexity index is 942. The van der Waals surface area contributed by atoms with Crippen LogP contribution >= 0.6 is 0 Å². The van der Waals surface area contributed by atoms with E-state index in [1.54, 1.807) is 4.90 Å². The van der Waals surface area contributed by atoms with Gasteiger partial charge in [-0.05, 0) is 43.1 Å². The summed E-state index contributed by atoms with van der Waals surface area (Å²) in [5, 5.41) is 2.93. The summed E-state index contributed by atoms with van der Waals surface area (Å²) in [4.78, 5) is 41.7. The minimum Gasteiger partial charge on any atom is -0.468 e. The van der Waals surface area contributed by atoms with Crippen molar-refractivity contribution in [3.05, 3.63) is 47.7 Å². The quantitative estimate of drug-likeness (QED) is 0.336. The zero-order valence-corrected chi connectivity index (χ0v) is 22.3. The van der Waals surface area contributed by atoms with Crippen LogP contribution in [0.2, 0.25) is 0 Å². The molecule has 7 nitrogen and oxygen atoms in total. The van der Waals surface area contributed by atoms with Crippen LogP contribution in [0.15, 0.2) is 42.1 Å². The Labute approximate surface area is 215 Å². The van der Waals surface area contributed by atoms with Crippen molar-refractivity contribution in [1.29, 1.82) is 0 Å². The normalized spacial score (nSPS) is 23.0. The van der Waals surface area contributed by atoms with E-state index in [0.29, 0.717) is 26.1 Å². The SMILES string of the molecule is CCCCOCCCNC(=O)C[C@@H]1C[C@@]2(C(=O)OC)CC(C)(C)CC=C2N(Cc2ccccc2)C1=O. The molecule has 1 aromatic rings. The molecule has 1 aliphatic carbocycles. The van der Waals surface area contributed by atoms with E-state index in [1.807, 2.05) is 36.4 Å². The molecule has 0 spiro atoms. The molecule has 0 saturated carbocycles. The highest BCUT2D eigenvalue weighted by Crippen LogP contribution is 2.55. The van der Waals surface area contributed by atoms with Crippen LogP contribution in [0.4, 0.5) is 0 Å².